The monoisotopic (exact) mass is 598 g/mol. The lowest BCUT2D eigenvalue weighted by atomic mass is 9.74. The van der Waals surface area contributed by atoms with Gasteiger partial charge in [-0.1, -0.05) is 95.6 Å². The summed E-state index contributed by atoms with van der Waals surface area (Å²) in [4.78, 5) is 26.3. The number of aryl methyl sites for hydroxylation is 1. The number of Topliss-reactive ketones (excluding diaryl/α,β-unsaturated/α-hetero) is 2. The highest BCUT2D eigenvalue weighted by Crippen LogP contribution is 2.45. The fourth-order valence-electron chi connectivity index (χ4n) is 8.77. The van der Waals surface area contributed by atoms with Crippen LogP contribution in [0.5, 0.6) is 5.75 Å². The van der Waals surface area contributed by atoms with Crippen LogP contribution in [0.1, 0.15) is 62.5 Å². The lowest BCUT2D eigenvalue weighted by molar-refractivity contribution is -0.108. The molecule has 224 valence electrons. The summed E-state index contributed by atoms with van der Waals surface area (Å²) >= 11 is 0. The van der Waals surface area contributed by atoms with Gasteiger partial charge in [-0.25, -0.2) is 0 Å². The second-order valence-electron chi connectivity index (χ2n) is 14.3. The fourth-order valence-corrected chi connectivity index (χ4v) is 8.77. The average Bonchev–Trinajstić information content (AvgIpc) is 3.02. The number of ketones is 2. The molecule has 0 bridgehead atoms. The highest BCUT2D eigenvalue weighted by atomic mass is 16.3. The molecule has 0 amide bonds. The summed E-state index contributed by atoms with van der Waals surface area (Å²) in [6, 6.07) is 21.5. The van der Waals surface area contributed by atoms with Crippen LogP contribution in [0.3, 0.4) is 0 Å². The maximum atomic E-state index is 13.6. The summed E-state index contributed by atoms with van der Waals surface area (Å²) in [6.45, 7) is 10.5. The van der Waals surface area contributed by atoms with Gasteiger partial charge in [0.25, 0.3) is 0 Å². The van der Waals surface area contributed by atoms with Crippen LogP contribution in [-0.4, -0.2) is 16.7 Å². The summed E-state index contributed by atoms with van der Waals surface area (Å²) in [7, 11) is 0. The number of hydrogen-bond donors (Lipinski definition) is 1. The van der Waals surface area contributed by atoms with Crippen LogP contribution < -0.4 is 15.7 Å². The molecule has 3 heteroatoms. The Bertz CT molecular complexity index is 2850. The molecule has 0 atom stereocenters. The van der Waals surface area contributed by atoms with Crippen molar-refractivity contribution in [2.45, 2.75) is 52.9 Å². The highest BCUT2D eigenvalue weighted by Gasteiger charge is 2.29. The Labute approximate surface area is 265 Å². The standard InChI is InChI=1S/C43H34O3/c1-6-8-23-16-32-37-25(12-11-24-15-27(44)19-30(23)36(24)37)17-31-34-26(20-43(4,5)40(31)32)18-33-38-29(34)14-13-22-9-7-10-28(35(22)38)39(42(33)46)41(45)21(2)3/h7,9-21,46H,6,8H2,1-5H3. The molecule has 0 saturated carbocycles. The smallest absolute Gasteiger partial charge is 0.179 e. The predicted molar refractivity (Wildman–Crippen MR) is 190 cm³/mol. The van der Waals surface area contributed by atoms with Gasteiger partial charge in [0, 0.05) is 22.1 Å². The first-order valence-electron chi connectivity index (χ1n) is 16.4. The lowest BCUT2D eigenvalue weighted by Gasteiger charge is -2.29. The molecule has 2 aliphatic carbocycles. The number of fused-ring (bicyclic) bond motifs is 4. The molecule has 9 rings (SSSR count). The number of aromatic hydroxyl groups is 1. The van der Waals surface area contributed by atoms with Crippen LogP contribution in [0.2, 0.25) is 0 Å². The fraction of sp³-hybridized carbons (Fsp3) is 0.209. The molecule has 1 N–H and O–H groups in total. The van der Waals surface area contributed by atoms with Gasteiger partial charge in [0.15, 0.2) is 11.6 Å². The van der Waals surface area contributed by atoms with E-state index in [1.807, 2.05) is 32.1 Å². The predicted octanol–water partition coefficient (Wildman–Crippen LogP) is 7.61. The van der Waals surface area contributed by atoms with Crippen molar-refractivity contribution in [1.82, 2.24) is 0 Å². The molecule has 0 radical (unpaired) electrons. The first-order valence-corrected chi connectivity index (χ1v) is 16.4. The SMILES string of the molecule is CCCc1cc2c3c(cc4ccc5c(c1=CC(=O)C=5)c42)=c1c(cc2c(O)c(C(=O)C(C)C)c4cccc5ccc1c2c54)=CC3(C)C. The number of rotatable bonds is 4. The van der Waals surface area contributed by atoms with Gasteiger partial charge in [-0.15, -0.1) is 0 Å². The van der Waals surface area contributed by atoms with Crippen molar-refractivity contribution in [2.75, 3.05) is 0 Å². The number of phenols is 1. The first-order chi connectivity index (χ1) is 22.1. The minimum atomic E-state index is -0.329. The third-order valence-electron chi connectivity index (χ3n) is 10.6. The van der Waals surface area contributed by atoms with Crippen LogP contribution in [0.15, 0.2) is 60.7 Å². The summed E-state index contributed by atoms with van der Waals surface area (Å²) in [5.74, 6) is -0.155. The summed E-state index contributed by atoms with van der Waals surface area (Å²) in [5, 5.41) is 27.9. The Kier molecular flexibility index (Phi) is 5.37. The quantitative estimate of drug-likeness (QED) is 0.168. The van der Waals surface area contributed by atoms with Crippen LogP contribution in [0.4, 0.5) is 0 Å². The maximum absolute atomic E-state index is 13.6. The van der Waals surface area contributed by atoms with E-state index in [1.54, 1.807) is 6.08 Å². The van der Waals surface area contributed by atoms with Gasteiger partial charge in [-0.05, 0) is 111 Å². The number of carbonyl (C=O) groups is 2. The van der Waals surface area contributed by atoms with Crippen molar-refractivity contribution in [1.29, 1.82) is 0 Å². The normalized spacial score (nSPS) is 15.0. The number of carbonyl (C=O) groups excluding carboxylic acids is 2. The van der Waals surface area contributed by atoms with Crippen LogP contribution in [0.25, 0.3) is 72.1 Å². The van der Waals surface area contributed by atoms with Gasteiger partial charge in [0.2, 0.25) is 0 Å². The molecule has 7 aromatic carbocycles. The van der Waals surface area contributed by atoms with E-state index in [0.717, 1.165) is 66.2 Å². The Morgan fingerprint density at radius 1 is 0.804 bits per heavy atom. The third kappa shape index (κ3) is 3.38. The summed E-state index contributed by atoms with van der Waals surface area (Å²) < 4.78 is 0. The Balaban J connectivity index is 1.58. The summed E-state index contributed by atoms with van der Waals surface area (Å²) in [5.41, 5.74) is 2.61. The third-order valence-corrected chi connectivity index (χ3v) is 10.6. The van der Waals surface area contributed by atoms with E-state index in [2.05, 4.69) is 75.4 Å². The average molecular weight is 599 g/mol. The molecular formula is C43H34O3. The van der Waals surface area contributed by atoms with Gasteiger partial charge in [0.1, 0.15) is 5.75 Å². The minimum absolute atomic E-state index is 0.0454. The molecule has 0 spiro atoms. The second kappa shape index (κ2) is 9.04. The Morgan fingerprint density at radius 2 is 1.59 bits per heavy atom. The molecule has 46 heavy (non-hydrogen) atoms. The molecule has 0 aliphatic heterocycles. The van der Waals surface area contributed by atoms with Crippen molar-refractivity contribution >= 4 is 83.7 Å². The van der Waals surface area contributed by atoms with Gasteiger partial charge in [-0.3, -0.25) is 9.59 Å². The topological polar surface area (TPSA) is 54.4 Å². The van der Waals surface area contributed by atoms with Crippen LogP contribution in [-0.2, 0) is 16.6 Å². The highest BCUT2D eigenvalue weighted by molar-refractivity contribution is 6.31. The Hall–Kier alpha value is -5.02. The van der Waals surface area contributed by atoms with E-state index < -0.39 is 0 Å². The zero-order valence-corrected chi connectivity index (χ0v) is 26.8. The molecule has 0 fully saturated rings. The van der Waals surface area contributed by atoms with E-state index in [9.17, 15) is 14.7 Å². The van der Waals surface area contributed by atoms with Crippen molar-refractivity contribution in [3.05, 3.63) is 103 Å². The molecule has 0 unspecified atom stereocenters. The van der Waals surface area contributed by atoms with E-state index in [0.29, 0.717) is 5.56 Å². The molecule has 2 aliphatic rings. The summed E-state index contributed by atoms with van der Waals surface area (Å²) in [6.07, 6.45) is 7.85. The maximum Gasteiger partial charge on any atom is 0.179 e. The molecule has 0 heterocycles. The molecule has 0 aromatic heterocycles. The van der Waals surface area contributed by atoms with Crippen LogP contribution in [0, 0.1) is 16.4 Å². The van der Waals surface area contributed by atoms with E-state index in [-0.39, 0.29) is 28.6 Å². The van der Waals surface area contributed by atoms with Gasteiger partial charge in [-0.2, -0.15) is 0 Å². The second-order valence-corrected chi connectivity index (χ2v) is 14.3. The van der Waals surface area contributed by atoms with Gasteiger partial charge < -0.3 is 5.11 Å². The number of hydrogen-bond acceptors (Lipinski definition) is 3. The number of phenolic OH excluding ortho intramolecular Hbond substituents is 1. The number of benzene rings is 7. The van der Waals surface area contributed by atoms with E-state index in [4.69, 9.17) is 0 Å². The molecule has 3 nitrogen and oxygen atoms in total. The van der Waals surface area contributed by atoms with Gasteiger partial charge in [0.05, 0.1) is 5.56 Å². The minimum Gasteiger partial charge on any atom is -0.507 e. The zero-order valence-electron chi connectivity index (χ0n) is 26.8. The van der Waals surface area contributed by atoms with E-state index in [1.165, 1.54) is 37.7 Å². The molecule has 0 saturated heterocycles. The first kappa shape index (κ1) is 27.3. The zero-order chi connectivity index (χ0) is 31.8. The van der Waals surface area contributed by atoms with Crippen LogP contribution >= 0.6 is 0 Å². The van der Waals surface area contributed by atoms with Gasteiger partial charge >= 0.3 is 0 Å². The molecule has 7 aromatic rings. The molecular weight excluding hydrogens is 564 g/mol. The Morgan fingerprint density at radius 3 is 2.37 bits per heavy atom. The van der Waals surface area contributed by atoms with Crippen molar-refractivity contribution in [2.24, 2.45) is 5.92 Å². The van der Waals surface area contributed by atoms with Crippen molar-refractivity contribution in [3.63, 3.8) is 0 Å². The lowest BCUT2D eigenvalue weighted by Crippen LogP contribution is -2.27. The van der Waals surface area contributed by atoms with E-state index >= 15 is 0 Å². The largest absolute Gasteiger partial charge is 0.507 e. The van der Waals surface area contributed by atoms with Crippen molar-refractivity contribution < 1.29 is 14.7 Å². The van der Waals surface area contributed by atoms with Crippen molar-refractivity contribution in [3.8, 4) is 5.75 Å².